The highest BCUT2D eigenvalue weighted by Gasteiger charge is 2.21. The molecule has 0 aliphatic carbocycles. The van der Waals surface area contributed by atoms with Crippen molar-refractivity contribution in [2.24, 2.45) is 7.05 Å². The first-order valence-electron chi connectivity index (χ1n) is 8.47. The number of pyridine rings is 1. The normalized spacial score (nSPS) is 15.4. The summed E-state index contributed by atoms with van der Waals surface area (Å²) in [5.74, 6) is 0.946. The van der Waals surface area contributed by atoms with Crippen LogP contribution in [0.2, 0.25) is 0 Å². The number of anilines is 1. The lowest BCUT2D eigenvalue weighted by Gasteiger charge is -2.28. The molecule has 0 atom stereocenters. The number of hydrogen-bond donors (Lipinski definition) is 0. The van der Waals surface area contributed by atoms with Crippen LogP contribution in [0.15, 0.2) is 48.7 Å². The standard InChI is InChI=1S/C19H25FN3O/c1-21-9-5-4-8-19(21)23(11-10-22-12-14-24-15-13-22)16-17-6-2-3-7-18(17)20/h2-9H,10-16H2,1H3/q+1. The minimum Gasteiger partial charge on any atom is -0.379 e. The van der Waals surface area contributed by atoms with Crippen molar-refractivity contribution in [2.75, 3.05) is 44.3 Å². The van der Waals surface area contributed by atoms with Gasteiger partial charge in [0.05, 0.1) is 33.0 Å². The van der Waals surface area contributed by atoms with Crippen LogP contribution in [0.25, 0.3) is 0 Å². The lowest BCUT2D eigenvalue weighted by Crippen LogP contribution is -2.44. The van der Waals surface area contributed by atoms with Crippen LogP contribution in [0.1, 0.15) is 5.56 Å². The first-order chi connectivity index (χ1) is 11.7. The van der Waals surface area contributed by atoms with Crippen molar-refractivity contribution in [1.29, 1.82) is 0 Å². The first kappa shape index (κ1) is 16.9. The Morgan fingerprint density at radius 2 is 1.88 bits per heavy atom. The molecule has 2 heterocycles. The Bertz CT molecular complexity index is 659. The fraction of sp³-hybridized carbons (Fsp3) is 0.421. The molecule has 2 aromatic rings. The van der Waals surface area contributed by atoms with Crippen molar-refractivity contribution >= 4 is 5.82 Å². The zero-order chi connectivity index (χ0) is 16.8. The SMILES string of the molecule is C[n+]1ccccc1N(CCN1CCOCC1)Cc1ccccc1F. The average molecular weight is 330 g/mol. The highest BCUT2D eigenvalue weighted by Crippen LogP contribution is 2.15. The van der Waals surface area contributed by atoms with Crippen LogP contribution in [-0.2, 0) is 18.3 Å². The Labute approximate surface area is 143 Å². The van der Waals surface area contributed by atoms with Crippen LogP contribution in [0.3, 0.4) is 0 Å². The van der Waals surface area contributed by atoms with Crippen molar-refractivity contribution in [3.8, 4) is 0 Å². The quantitative estimate of drug-likeness (QED) is 0.755. The molecule has 1 aromatic heterocycles. The van der Waals surface area contributed by atoms with E-state index in [1.54, 1.807) is 6.07 Å². The van der Waals surface area contributed by atoms with Gasteiger partial charge in [-0.3, -0.25) is 9.80 Å². The number of benzene rings is 1. The molecule has 0 saturated carbocycles. The maximum Gasteiger partial charge on any atom is 0.276 e. The molecule has 1 aliphatic rings. The minimum absolute atomic E-state index is 0.146. The Hall–Kier alpha value is -1.98. The molecule has 0 radical (unpaired) electrons. The van der Waals surface area contributed by atoms with Gasteiger partial charge in [-0.25, -0.2) is 8.96 Å². The summed E-state index contributed by atoms with van der Waals surface area (Å²) in [6.07, 6.45) is 2.03. The van der Waals surface area contributed by atoms with E-state index >= 15 is 0 Å². The number of morpholine rings is 1. The highest BCUT2D eigenvalue weighted by atomic mass is 19.1. The summed E-state index contributed by atoms with van der Waals surface area (Å²) in [5.41, 5.74) is 0.725. The average Bonchev–Trinajstić information content (AvgIpc) is 2.62. The van der Waals surface area contributed by atoms with Gasteiger partial charge in [0.1, 0.15) is 12.4 Å². The summed E-state index contributed by atoms with van der Waals surface area (Å²) >= 11 is 0. The zero-order valence-corrected chi connectivity index (χ0v) is 14.2. The lowest BCUT2D eigenvalue weighted by atomic mass is 10.2. The van der Waals surface area contributed by atoms with Gasteiger partial charge in [-0.1, -0.05) is 24.3 Å². The van der Waals surface area contributed by atoms with Gasteiger partial charge in [-0.15, -0.1) is 0 Å². The molecule has 1 aliphatic heterocycles. The van der Waals surface area contributed by atoms with Crippen LogP contribution >= 0.6 is 0 Å². The number of hydrogen-bond acceptors (Lipinski definition) is 3. The lowest BCUT2D eigenvalue weighted by molar-refractivity contribution is -0.659. The van der Waals surface area contributed by atoms with Crippen molar-refractivity contribution < 1.29 is 13.7 Å². The van der Waals surface area contributed by atoms with Gasteiger partial charge in [0.25, 0.3) is 5.82 Å². The minimum atomic E-state index is -0.146. The van der Waals surface area contributed by atoms with E-state index in [-0.39, 0.29) is 5.82 Å². The predicted octanol–water partition coefficient (Wildman–Crippen LogP) is 1.99. The van der Waals surface area contributed by atoms with Gasteiger partial charge >= 0.3 is 0 Å². The van der Waals surface area contributed by atoms with E-state index < -0.39 is 0 Å². The maximum absolute atomic E-state index is 14.1. The van der Waals surface area contributed by atoms with Gasteiger partial charge in [0.2, 0.25) is 0 Å². The Balaban J connectivity index is 1.75. The van der Waals surface area contributed by atoms with E-state index in [1.165, 1.54) is 6.07 Å². The van der Waals surface area contributed by atoms with Crippen molar-refractivity contribution in [1.82, 2.24) is 4.90 Å². The summed E-state index contributed by atoms with van der Waals surface area (Å²) in [6, 6.07) is 13.1. The largest absolute Gasteiger partial charge is 0.379 e. The molecular formula is C19H25FN3O+. The molecule has 1 saturated heterocycles. The van der Waals surface area contributed by atoms with Crippen LogP contribution in [0, 0.1) is 5.82 Å². The van der Waals surface area contributed by atoms with E-state index in [1.807, 2.05) is 37.5 Å². The van der Waals surface area contributed by atoms with Crippen molar-refractivity contribution in [2.45, 2.75) is 6.54 Å². The van der Waals surface area contributed by atoms with E-state index in [0.29, 0.717) is 6.54 Å². The fourth-order valence-electron chi connectivity index (χ4n) is 3.04. The Morgan fingerprint density at radius 3 is 2.62 bits per heavy atom. The molecule has 0 N–H and O–H groups in total. The molecule has 128 valence electrons. The summed E-state index contributed by atoms with van der Waals surface area (Å²) in [5, 5.41) is 0. The number of halogens is 1. The van der Waals surface area contributed by atoms with Crippen LogP contribution < -0.4 is 9.47 Å². The van der Waals surface area contributed by atoms with Gasteiger partial charge in [0, 0.05) is 31.3 Å². The van der Waals surface area contributed by atoms with Gasteiger partial charge in [0.15, 0.2) is 0 Å². The molecule has 0 bridgehead atoms. The maximum atomic E-state index is 14.1. The third-order valence-electron chi connectivity index (χ3n) is 4.46. The second-order valence-electron chi connectivity index (χ2n) is 6.14. The summed E-state index contributed by atoms with van der Waals surface area (Å²) in [7, 11) is 2.03. The van der Waals surface area contributed by atoms with E-state index in [9.17, 15) is 4.39 Å². The predicted molar refractivity (Wildman–Crippen MR) is 92.3 cm³/mol. The number of aromatic nitrogens is 1. The number of rotatable bonds is 6. The van der Waals surface area contributed by atoms with E-state index in [4.69, 9.17) is 4.74 Å². The molecular weight excluding hydrogens is 305 g/mol. The topological polar surface area (TPSA) is 19.6 Å². The molecule has 0 unspecified atom stereocenters. The molecule has 24 heavy (non-hydrogen) atoms. The summed E-state index contributed by atoms with van der Waals surface area (Å²) in [4.78, 5) is 4.65. The van der Waals surface area contributed by atoms with Crippen LogP contribution in [-0.4, -0.2) is 44.3 Å². The van der Waals surface area contributed by atoms with Gasteiger partial charge in [-0.05, 0) is 12.1 Å². The van der Waals surface area contributed by atoms with Crippen LogP contribution in [0.5, 0.6) is 0 Å². The monoisotopic (exact) mass is 330 g/mol. The Kier molecular flexibility index (Phi) is 5.77. The fourth-order valence-corrected chi connectivity index (χ4v) is 3.04. The molecule has 3 rings (SSSR count). The summed E-state index contributed by atoms with van der Waals surface area (Å²) in [6.45, 7) is 5.90. The molecule has 1 fully saturated rings. The molecule has 5 heteroatoms. The summed E-state index contributed by atoms with van der Waals surface area (Å²) < 4.78 is 21.6. The van der Waals surface area contributed by atoms with Crippen molar-refractivity contribution in [3.05, 3.63) is 60.0 Å². The first-order valence-corrected chi connectivity index (χ1v) is 8.47. The molecule has 4 nitrogen and oxygen atoms in total. The Morgan fingerprint density at radius 1 is 1.12 bits per heavy atom. The van der Waals surface area contributed by atoms with Crippen LogP contribution in [0.4, 0.5) is 10.2 Å². The third-order valence-corrected chi connectivity index (χ3v) is 4.46. The number of nitrogens with zero attached hydrogens (tertiary/aromatic N) is 3. The van der Waals surface area contributed by atoms with Crippen molar-refractivity contribution in [3.63, 3.8) is 0 Å². The third kappa shape index (κ3) is 4.30. The van der Waals surface area contributed by atoms with E-state index in [0.717, 1.165) is 50.8 Å². The van der Waals surface area contributed by atoms with Gasteiger partial charge in [-0.2, -0.15) is 0 Å². The highest BCUT2D eigenvalue weighted by molar-refractivity contribution is 5.35. The zero-order valence-electron chi connectivity index (χ0n) is 14.2. The number of ether oxygens (including phenoxy) is 1. The smallest absolute Gasteiger partial charge is 0.276 e. The molecule has 0 amide bonds. The molecule has 1 aromatic carbocycles. The second-order valence-corrected chi connectivity index (χ2v) is 6.14. The number of aryl methyl sites for hydroxylation is 1. The molecule has 0 spiro atoms. The van der Waals surface area contributed by atoms with Gasteiger partial charge < -0.3 is 4.74 Å². The van der Waals surface area contributed by atoms with E-state index in [2.05, 4.69) is 20.4 Å². The second kappa shape index (κ2) is 8.22.